The summed E-state index contributed by atoms with van der Waals surface area (Å²) in [5.41, 5.74) is 2.62. The number of aromatic nitrogens is 2. The molecule has 0 radical (unpaired) electrons. The second-order valence-electron chi connectivity index (χ2n) is 6.18. The highest BCUT2D eigenvalue weighted by atomic mass is 35.5. The molecule has 1 heterocycles. The molecule has 26 heavy (non-hydrogen) atoms. The molecule has 1 aromatic heterocycles. The van der Waals surface area contributed by atoms with E-state index in [4.69, 9.17) is 11.6 Å². The van der Waals surface area contributed by atoms with Crippen LogP contribution in [0.25, 0.3) is 5.69 Å². The number of nitrogens with zero attached hydrogens (tertiary/aromatic N) is 2. The van der Waals surface area contributed by atoms with E-state index in [9.17, 15) is 9.59 Å². The Morgan fingerprint density at radius 3 is 2.81 bits per heavy atom. The molecule has 0 fully saturated rings. The molecule has 4 rings (SSSR count). The third-order valence-corrected chi connectivity index (χ3v) is 4.90. The van der Waals surface area contributed by atoms with Gasteiger partial charge in [0.05, 0.1) is 16.6 Å². The third-order valence-electron chi connectivity index (χ3n) is 4.59. The van der Waals surface area contributed by atoms with Gasteiger partial charge in [-0.2, -0.15) is 5.10 Å². The van der Waals surface area contributed by atoms with E-state index in [-0.39, 0.29) is 17.6 Å². The van der Waals surface area contributed by atoms with Crippen LogP contribution in [0.2, 0.25) is 5.02 Å². The number of amides is 1. The van der Waals surface area contributed by atoms with E-state index in [1.165, 1.54) is 0 Å². The number of fused-ring (bicyclic) bond motifs is 1. The lowest BCUT2D eigenvalue weighted by molar-refractivity contribution is -0.117. The molecule has 130 valence electrons. The van der Waals surface area contributed by atoms with Gasteiger partial charge in [0.2, 0.25) is 5.91 Å². The number of halogens is 1. The summed E-state index contributed by atoms with van der Waals surface area (Å²) in [7, 11) is 0. The Balaban J connectivity index is 1.68. The zero-order chi connectivity index (χ0) is 18.1. The first-order valence-corrected chi connectivity index (χ1v) is 8.74. The lowest BCUT2D eigenvalue weighted by Crippen LogP contribution is -2.27. The minimum Gasteiger partial charge on any atom is -0.324 e. The SMILES string of the molecule is O=C1CCC(C(=O)Nc2cccc(Cl)c2-n2cccn2)c2ccccc21. The highest BCUT2D eigenvalue weighted by Gasteiger charge is 2.30. The predicted octanol–water partition coefficient (Wildman–Crippen LogP) is 4.22. The summed E-state index contributed by atoms with van der Waals surface area (Å²) in [5.74, 6) is -0.432. The third kappa shape index (κ3) is 2.91. The van der Waals surface area contributed by atoms with Gasteiger partial charge in [-0.15, -0.1) is 0 Å². The van der Waals surface area contributed by atoms with Gasteiger partial charge in [-0.25, -0.2) is 4.68 Å². The van der Waals surface area contributed by atoms with Gasteiger partial charge in [-0.1, -0.05) is 41.9 Å². The van der Waals surface area contributed by atoms with Crippen LogP contribution in [0.4, 0.5) is 5.69 Å². The predicted molar refractivity (Wildman–Crippen MR) is 100.0 cm³/mol. The molecule has 3 aromatic rings. The summed E-state index contributed by atoms with van der Waals surface area (Å²) in [6.07, 6.45) is 4.29. The molecule has 1 amide bonds. The molecule has 1 N–H and O–H groups in total. The van der Waals surface area contributed by atoms with Gasteiger partial charge < -0.3 is 5.32 Å². The van der Waals surface area contributed by atoms with Gasteiger partial charge in [0.25, 0.3) is 0 Å². The first-order chi connectivity index (χ1) is 12.6. The van der Waals surface area contributed by atoms with Crippen LogP contribution < -0.4 is 5.32 Å². The minimum atomic E-state index is -0.367. The van der Waals surface area contributed by atoms with E-state index in [1.54, 1.807) is 47.4 Å². The van der Waals surface area contributed by atoms with Crippen LogP contribution in [-0.4, -0.2) is 21.5 Å². The van der Waals surface area contributed by atoms with Crippen LogP contribution in [-0.2, 0) is 4.79 Å². The second kappa shape index (κ2) is 6.77. The summed E-state index contributed by atoms with van der Waals surface area (Å²) in [4.78, 5) is 25.1. The fourth-order valence-electron chi connectivity index (χ4n) is 3.36. The minimum absolute atomic E-state index is 0.0876. The Bertz CT molecular complexity index is 982. The van der Waals surface area contributed by atoms with E-state index >= 15 is 0 Å². The van der Waals surface area contributed by atoms with E-state index in [0.29, 0.717) is 34.8 Å². The largest absolute Gasteiger partial charge is 0.324 e. The molecule has 0 spiro atoms. The molecule has 0 saturated carbocycles. The van der Waals surface area contributed by atoms with Gasteiger partial charge in [0.1, 0.15) is 5.69 Å². The van der Waals surface area contributed by atoms with Crippen molar-refractivity contribution in [2.24, 2.45) is 0 Å². The molecular weight excluding hydrogens is 350 g/mol. The number of anilines is 1. The van der Waals surface area contributed by atoms with E-state index in [0.717, 1.165) is 5.56 Å². The average Bonchev–Trinajstić information content (AvgIpc) is 3.16. The summed E-state index contributed by atoms with van der Waals surface area (Å²) >= 11 is 6.33. The number of carbonyl (C=O) groups excluding carboxylic acids is 2. The Kier molecular flexibility index (Phi) is 4.31. The zero-order valence-corrected chi connectivity index (χ0v) is 14.6. The van der Waals surface area contributed by atoms with Crippen molar-refractivity contribution in [1.82, 2.24) is 9.78 Å². The van der Waals surface area contributed by atoms with Gasteiger partial charge in [-0.05, 0) is 30.2 Å². The van der Waals surface area contributed by atoms with E-state index in [1.807, 2.05) is 18.2 Å². The van der Waals surface area contributed by atoms with Crippen molar-refractivity contribution >= 4 is 29.0 Å². The van der Waals surface area contributed by atoms with Crippen LogP contribution >= 0.6 is 11.6 Å². The normalized spacial score (nSPS) is 16.2. The quantitative estimate of drug-likeness (QED) is 0.755. The fraction of sp³-hybridized carbons (Fsp3) is 0.150. The summed E-state index contributed by atoms with van der Waals surface area (Å²) in [5, 5.41) is 7.67. The van der Waals surface area contributed by atoms with Crippen molar-refractivity contribution in [3.63, 3.8) is 0 Å². The number of carbonyl (C=O) groups is 2. The first kappa shape index (κ1) is 16.5. The molecule has 1 unspecified atom stereocenters. The smallest absolute Gasteiger partial charge is 0.232 e. The highest BCUT2D eigenvalue weighted by Crippen LogP contribution is 2.34. The lowest BCUT2D eigenvalue weighted by Gasteiger charge is -2.24. The fourth-order valence-corrected chi connectivity index (χ4v) is 3.62. The molecule has 0 saturated heterocycles. The van der Waals surface area contributed by atoms with Crippen LogP contribution in [0.5, 0.6) is 0 Å². The van der Waals surface area contributed by atoms with Gasteiger partial charge in [0, 0.05) is 24.4 Å². The number of para-hydroxylation sites is 1. The van der Waals surface area contributed by atoms with Crippen molar-refractivity contribution in [1.29, 1.82) is 0 Å². The number of rotatable bonds is 3. The second-order valence-corrected chi connectivity index (χ2v) is 6.58. The van der Waals surface area contributed by atoms with Crippen molar-refractivity contribution in [2.75, 3.05) is 5.32 Å². The summed E-state index contributed by atoms with van der Waals surface area (Å²) < 4.78 is 1.62. The van der Waals surface area contributed by atoms with Gasteiger partial charge >= 0.3 is 0 Å². The van der Waals surface area contributed by atoms with Crippen LogP contribution in [0.3, 0.4) is 0 Å². The Morgan fingerprint density at radius 1 is 1.15 bits per heavy atom. The molecule has 2 aromatic carbocycles. The maximum Gasteiger partial charge on any atom is 0.232 e. The molecule has 1 atom stereocenters. The Hall–Kier alpha value is -2.92. The molecule has 1 aliphatic carbocycles. The molecular formula is C20H16ClN3O2. The van der Waals surface area contributed by atoms with Crippen molar-refractivity contribution in [2.45, 2.75) is 18.8 Å². The van der Waals surface area contributed by atoms with Gasteiger partial charge in [0.15, 0.2) is 5.78 Å². The number of nitrogens with one attached hydrogen (secondary N) is 1. The molecule has 0 bridgehead atoms. The monoisotopic (exact) mass is 365 g/mol. The summed E-state index contributed by atoms with van der Waals surface area (Å²) in [6, 6.07) is 14.4. The van der Waals surface area contributed by atoms with Crippen molar-refractivity contribution in [3.05, 3.63) is 77.1 Å². The molecule has 1 aliphatic rings. The number of ketones is 1. The Labute approximate surface area is 155 Å². The van der Waals surface area contributed by atoms with Gasteiger partial charge in [-0.3, -0.25) is 9.59 Å². The lowest BCUT2D eigenvalue weighted by atomic mass is 9.81. The number of Topliss-reactive ketones (excluding diaryl/α,β-unsaturated/α-hetero) is 1. The van der Waals surface area contributed by atoms with Crippen LogP contribution in [0.15, 0.2) is 60.9 Å². The standard InChI is InChI=1S/C20H16ClN3O2/c21-16-7-3-8-17(19(16)24-12-4-11-22-24)23-20(26)15-9-10-18(25)14-6-2-1-5-13(14)15/h1-8,11-12,15H,9-10H2,(H,23,26). The molecule has 6 heteroatoms. The topological polar surface area (TPSA) is 64.0 Å². The number of hydrogen-bond donors (Lipinski definition) is 1. The van der Waals surface area contributed by atoms with Crippen molar-refractivity contribution < 1.29 is 9.59 Å². The maximum atomic E-state index is 13.0. The average molecular weight is 366 g/mol. The Morgan fingerprint density at radius 2 is 2.00 bits per heavy atom. The molecule has 0 aliphatic heterocycles. The van der Waals surface area contributed by atoms with E-state index in [2.05, 4.69) is 10.4 Å². The highest BCUT2D eigenvalue weighted by molar-refractivity contribution is 6.33. The molecule has 5 nitrogen and oxygen atoms in total. The number of hydrogen-bond acceptors (Lipinski definition) is 3. The van der Waals surface area contributed by atoms with Crippen molar-refractivity contribution in [3.8, 4) is 5.69 Å². The van der Waals surface area contributed by atoms with Crippen LogP contribution in [0.1, 0.15) is 34.7 Å². The maximum absolute atomic E-state index is 13.0. The first-order valence-electron chi connectivity index (χ1n) is 8.36. The number of benzene rings is 2. The van der Waals surface area contributed by atoms with Crippen LogP contribution in [0, 0.1) is 0 Å². The summed E-state index contributed by atoms with van der Waals surface area (Å²) in [6.45, 7) is 0. The zero-order valence-electron chi connectivity index (χ0n) is 13.9. The van der Waals surface area contributed by atoms with E-state index < -0.39 is 0 Å².